The Kier molecular flexibility index (Phi) is 5.66. The molecule has 0 bridgehead atoms. The summed E-state index contributed by atoms with van der Waals surface area (Å²) in [5.41, 5.74) is 0. The van der Waals surface area contributed by atoms with Crippen molar-refractivity contribution in [3.05, 3.63) is 6.07 Å². The molecule has 1 aromatic heterocycles. The summed E-state index contributed by atoms with van der Waals surface area (Å²) >= 11 is 5.46. The Morgan fingerprint density at radius 2 is 1.52 bits per heavy atom. The second-order valence-electron chi connectivity index (χ2n) is 8.67. The minimum atomic E-state index is 0.526. The van der Waals surface area contributed by atoms with Crippen LogP contribution in [0.4, 0.5) is 17.6 Å². The van der Waals surface area contributed by atoms with Gasteiger partial charge in [0.25, 0.3) is 0 Å². The highest BCUT2D eigenvalue weighted by molar-refractivity contribution is 7.80. The zero-order chi connectivity index (χ0) is 18.8. The molecule has 0 amide bonds. The summed E-state index contributed by atoms with van der Waals surface area (Å²) in [5.74, 6) is 4.10. The molecule has 0 radical (unpaired) electrons. The van der Waals surface area contributed by atoms with E-state index in [1.54, 1.807) is 0 Å². The van der Waals surface area contributed by atoms with E-state index in [1.165, 1.54) is 38.5 Å². The lowest BCUT2D eigenvalue weighted by molar-refractivity contribution is 0.441. The number of anilines is 3. The van der Waals surface area contributed by atoms with Gasteiger partial charge in [0.05, 0.1) is 0 Å². The maximum Gasteiger partial charge on any atom is 0.232 e. The van der Waals surface area contributed by atoms with Gasteiger partial charge in [-0.3, -0.25) is 0 Å². The molecule has 2 N–H and O–H groups in total. The molecule has 1 aromatic rings. The Morgan fingerprint density at radius 1 is 0.963 bits per heavy atom. The van der Waals surface area contributed by atoms with Crippen molar-refractivity contribution in [2.75, 3.05) is 41.3 Å². The zero-order valence-electron chi connectivity index (χ0n) is 16.6. The van der Waals surface area contributed by atoms with Crippen molar-refractivity contribution >= 4 is 34.9 Å². The van der Waals surface area contributed by atoms with Crippen LogP contribution < -0.4 is 20.4 Å². The molecule has 2 aliphatic heterocycles. The van der Waals surface area contributed by atoms with Crippen LogP contribution in [0, 0.1) is 11.8 Å². The van der Waals surface area contributed by atoms with Crippen molar-refractivity contribution in [2.45, 2.75) is 58.4 Å². The van der Waals surface area contributed by atoms with E-state index in [9.17, 15) is 0 Å². The van der Waals surface area contributed by atoms with E-state index in [2.05, 4.69) is 40.3 Å². The molecule has 27 heavy (non-hydrogen) atoms. The van der Waals surface area contributed by atoms with Crippen LogP contribution in [0.1, 0.15) is 52.4 Å². The third-order valence-corrected chi connectivity index (χ3v) is 6.02. The topological polar surface area (TPSA) is 56.3 Å². The van der Waals surface area contributed by atoms with Gasteiger partial charge >= 0.3 is 0 Å². The first-order valence-electron chi connectivity index (χ1n) is 10.5. The molecule has 3 heterocycles. The van der Waals surface area contributed by atoms with E-state index in [0.717, 1.165) is 37.8 Å². The van der Waals surface area contributed by atoms with Gasteiger partial charge < -0.3 is 20.4 Å². The van der Waals surface area contributed by atoms with Gasteiger partial charge in [0.1, 0.15) is 11.6 Å². The van der Waals surface area contributed by atoms with Crippen molar-refractivity contribution in [3.63, 3.8) is 0 Å². The van der Waals surface area contributed by atoms with Crippen LogP contribution in [0.5, 0.6) is 0 Å². The van der Waals surface area contributed by atoms with Crippen LogP contribution in [0.2, 0.25) is 0 Å². The first-order chi connectivity index (χ1) is 13.1. The summed E-state index contributed by atoms with van der Waals surface area (Å²) in [4.78, 5) is 14.5. The Morgan fingerprint density at radius 3 is 2.00 bits per heavy atom. The highest BCUT2D eigenvalue weighted by Crippen LogP contribution is 2.28. The fourth-order valence-corrected chi connectivity index (χ4v) is 4.41. The fourth-order valence-electron chi connectivity index (χ4n) is 4.15. The molecule has 0 spiro atoms. The third-order valence-electron chi connectivity index (χ3n) is 5.80. The van der Waals surface area contributed by atoms with Crippen LogP contribution in [-0.2, 0) is 0 Å². The van der Waals surface area contributed by atoms with Gasteiger partial charge in [0.15, 0.2) is 5.11 Å². The van der Waals surface area contributed by atoms with Crippen molar-refractivity contribution in [1.82, 2.24) is 15.3 Å². The van der Waals surface area contributed by atoms with Gasteiger partial charge in [-0.15, -0.1) is 0 Å². The average Bonchev–Trinajstić information content (AvgIpc) is 3.45. The van der Waals surface area contributed by atoms with Crippen LogP contribution in [0.3, 0.4) is 0 Å². The molecular formula is C20H32N6S. The molecule has 2 saturated heterocycles. The summed E-state index contributed by atoms with van der Waals surface area (Å²) in [5, 5.41) is 7.21. The van der Waals surface area contributed by atoms with Crippen LogP contribution in [0.15, 0.2) is 6.07 Å². The van der Waals surface area contributed by atoms with E-state index in [0.29, 0.717) is 28.9 Å². The predicted octanol–water partition coefficient (Wildman–Crippen LogP) is 3.40. The summed E-state index contributed by atoms with van der Waals surface area (Å²) in [7, 11) is 0. The summed E-state index contributed by atoms with van der Waals surface area (Å²) in [6, 6.07) is 2.71. The normalized spacial score (nSPS) is 26.0. The maximum absolute atomic E-state index is 5.46. The quantitative estimate of drug-likeness (QED) is 0.767. The second-order valence-corrected chi connectivity index (χ2v) is 9.08. The molecule has 0 aromatic carbocycles. The maximum atomic E-state index is 5.46. The predicted molar refractivity (Wildman–Crippen MR) is 116 cm³/mol. The van der Waals surface area contributed by atoms with Gasteiger partial charge in [-0.25, -0.2) is 0 Å². The minimum Gasteiger partial charge on any atom is -0.360 e. The first-order valence-corrected chi connectivity index (χ1v) is 10.9. The van der Waals surface area contributed by atoms with Crippen LogP contribution in [-0.4, -0.2) is 47.3 Å². The number of aromatic nitrogens is 2. The lowest BCUT2D eigenvalue weighted by atomic mass is 10.00. The molecule has 148 valence electrons. The van der Waals surface area contributed by atoms with Gasteiger partial charge in [-0.05, 0) is 62.6 Å². The van der Waals surface area contributed by atoms with Crippen molar-refractivity contribution in [3.8, 4) is 0 Å². The molecular weight excluding hydrogens is 356 g/mol. The number of rotatable bonds is 4. The molecule has 1 saturated carbocycles. The Bertz CT molecular complexity index is 636. The average molecular weight is 389 g/mol. The van der Waals surface area contributed by atoms with E-state index < -0.39 is 0 Å². The third kappa shape index (κ3) is 5.00. The summed E-state index contributed by atoms with van der Waals surface area (Å²) in [6.07, 6.45) is 7.46. The molecule has 2 atom stereocenters. The lowest BCUT2D eigenvalue weighted by Gasteiger charge is -2.35. The van der Waals surface area contributed by atoms with Crippen molar-refractivity contribution in [2.24, 2.45) is 11.8 Å². The van der Waals surface area contributed by atoms with Gasteiger partial charge in [0.2, 0.25) is 5.95 Å². The Labute approximate surface area is 168 Å². The standard InChI is InChI=1S/C20H32N6S/c1-14-5-3-9-25(12-14)17-11-18(26-10-4-6-15(2)13-26)23-19(22-17)24-20(27)21-16-7-8-16/h11,14-16H,3-10,12-13H2,1-2H3,(H2,21,22,23,24,27)/t14-,15+. The molecule has 0 unspecified atom stereocenters. The SMILES string of the molecule is C[C@@H]1CCCN(c2cc(N3CCC[C@H](C)C3)nc(NC(=S)NC3CC3)n2)C1. The molecule has 4 rings (SSSR count). The fraction of sp³-hybridized carbons (Fsp3) is 0.750. The van der Waals surface area contributed by atoms with Crippen LogP contribution >= 0.6 is 12.2 Å². The molecule has 7 heteroatoms. The van der Waals surface area contributed by atoms with Crippen molar-refractivity contribution < 1.29 is 0 Å². The number of thiocarbonyl (C=S) groups is 1. The number of hydrogen-bond donors (Lipinski definition) is 2. The van der Waals surface area contributed by atoms with Crippen molar-refractivity contribution in [1.29, 1.82) is 0 Å². The highest BCUT2D eigenvalue weighted by Gasteiger charge is 2.24. The van der Waals surface area contributed by atoms with Crippen LogP contribution in [0.25, 0.3) is 0 Å². The number of nitrogens with one attached hydrogen (secondary N) is 2. The van der Waals surface area contributed by atoms with E-state index >= 15 is 0 Å². The monoisotopic (exact) mass is 388 g/mol. The molecule has 3 aliphatic rings. The van der Waals surface area contributed by atoms with E-state index in [1.807, 2.05) is 0 Å². The number of nitrogens with zero attached hydrogens (tertiary/aromatic N) is 4. The smallest absolute Gasteiger partial charge is 0.232 e. The molecule has 6 nitrogen and oxygen atoms in total. The first kappa shape index (κ1) is 18.7. The van der Waals surface area contributed by atoms with Gasteiger partial charge in [-0.2, -0.15) is 9.97 Å². The number of piperidine rings is 2. The Balaban J connectivity index is 1.57. The van der Waals surface area contributed by atoms with Gasteiger partial charge in [0, 0.05) is 38.3 Å². The van der Waals surface area contributed by atoms with E-state index in [-0.39, 0.29) is 0 Å². The lowest BCUT2D eigenvalue weighted by Crippen LogP contribution is -2.37. The zero-order valence-corrected chi connectivity index (χ0v) is 17.4. The summed E-state index contributed by atoms with van der Waals surface area (Å²) < 4.78 is 0. The Hall–Kier alpha value is -1.63. The molecule has 1 aliphatic carbocycles. The largest absolute Gasteiger partial charge is 0.360 e. The van der Waals surface area contributed by atoms with Gasteiger partial charge in [-0.1, -0.05) is 13.8 Å². The second kappa shape index (κ2) is 8.17. The highest BCUT2D eigenvalue weighted by atomic mass is 32.1. The molecule has 3 fully saturated rings. The summed E-state index contributed by atoms with van der Waals surface area (Å²) in [6.45, 7) is 8.93. The minimum absolute atomic E-state index is 0.526. The van der Waals surface area contributed by atoms with E-state index in [4.69, 9.17) is 22.2 Å². The number of hydrogen-bond acceptors (Lipinski definition) is 5.